The van der Waals surface area contributed by atoms with Crippen LogP contribution in [0.15, 0.2) is 23.2 Å². The first-order valence-corrected chi connectivity index (χ1v) is 8.93. The first-order chi connectivity index (χ1) is 12.5. The maximum Gasteiger partial charge on any atom is 0.231 e. The summed E-state index contributed by atoms with van der Waals surface area (Å²) in [4.78, 5) is 17.7. The zero-order valence-corrected chi connectivity index (χ0v) is 15.5. The number of aromatic hydroxyl groups is 1. The highest BCUT2D eigenvalue weighted by Crippen LogP contribution is 2.23. The number of likely N-dealkylation sites (tertiary alicyclic amines) is 1. The van der Waals surface area contributed by atoms with Crippen molar-refractivity contribution in [1.29, 1.82) is 0 Å². The number of nitrogens with zero attached hydrogens (tertiary/aromatic N) is 2. The fraction of sp³-hybridized carbons (Fsp3) is 0.556. The summed E-state index contributed by atoms with van der Waals surface area (Å²) in [6.45, 7) is 5.08. The van der Waals surface area contributed by atoms with Crippen LogP contribution in [0.4, 0.5) is 0 Å². The van der Waals surface area contributed by atoms with E-state index in [1.165, 1.54) is 0 Å². The van der Waals surface area contributed by atoms with Gasteiger partial charge in [0, 0.05) is 31.2 Å². The van der Waals surface area contributed by atoms with Crippen molar-refractivity contribution in [3.63, 3.8) is 0 Å². The lowest BCUT2D eigenvalue weighted by Gasteiger charge is -2.32. The normalized spacial score (nSPS) is 16.3. The Bertz CT molecular complexity index is 627. The van der Waals surface area contributed by atoms with Crippen LogP contribution < -0.4 is 21.1 Å². The maximum absolute atomic E-state index is 11.0. The molecule has 0 spiro atoms. The average molecular weight is 363 g/mol. The van der Waals surface area contributed by atoms with E-state index < -0.39 is 0 Å². The summed E-state index contributed by atoms with van der Waals surface area (Å²) in [5.74, 6) is 1.31. The number of phenols is 1. The van der Waals surface area contributed by atoms with Crippen molar-refractivity contribution in [2.75, 3.05) is 33.3 Å². The van der Waals surface area contributed by atoms with E-state index in [0.717, 1.165) is 32.5 Å². The molecule has 26 heavy (non-hydrogen) atoms. The predicted octanol–water partition coefficient (Wildman–Crippen LogP) is 0.406. The number of rotatable bonds is 7. The summed E-state index contributed by atoms with van der Waals surface area (Å²) >= 11 is 0. The third-order valence-corrected chi connectivity index (χ3v) is 4.35. The molecule has 0 radical (unpaired) electrons. The van der Waals surface area contributed by atoms with Crippen LogP contribution in [-0.2, 0) is 11.3 Å². The Morgan fingerprint density at radius 3 is 2.77 bits per heavy atom. The van der Waals surface area contributed by atoms with Crippen LogP contribution in [0.2, 0.25) is 0 Å². The predicted molar refractivity (Wildman–Crippen MR) is 101 cm³/mol. The van der Waals surface area contributed by atoms with Gasteiger partial charge in [-0.1, -0.05) is 0 Å². The van der Waals surface area contributed by atoms with Gasteiger partial charge in [0.1, 0.15) is 11.5 Å². The van der Waals surface area contributed by atoms with Crippen LogP contribution in [0.3, 0.4) is 0 Å². The molecule has 1 heterocycles. The summed E-state index contributed by atoms with van der Waals surface area (Å²) < 4.78 is 5.19. The number of aliphatic imine (C=N–C) groups is 1. The lowest BCUT2D eigenvalue weighted by Crippen LogP contribution is -2.49. The van der Waals surface area contributed by atoms with Crippen LogP contribution in [-0.4, -0.2) is 61.2 Å². The number of nitrogens with two attached hydrogens (primary N) is 1. The van der Waals surface area contributed by atoms with Crippen molar-refractivity contribution < 1.29 is 14.6 Å². The number of ether oxygens (including phenoxy) is 1. The van der Waals surface area contributed by atoms with E-state index in [0.29, 0.717) is 30.4 Å². The van der Waals surface area contributed by atoms with E-state index in [2.05, 4.69) is 20.5 Å². The number of hydrogen-bond donors (Lipinski definition) is 4. The lowest BCUT2D eigenvalue weighted by atomic mass is 10.1. The largest absolute Gasteiger partial charge is 0.508 e. The van der Waals surface area contributed by atoms with Gasteiger partial charge in [-0.15, -0.1) is 0 Å². The van der Waals surface area contributed by atoms with Gasteiger partial charge in [-0.25, -0.2) is 4.99 Å². The zero-order chi connectivity index (χ0) is 18.9. The number of piperidine rings is 1. The smallest absolute Gasteiger partial charge is 0.231 e. The van der Waals surface area contributed by atoms with E-state index in [-0.39, 0.29) is 17.7 Å². The molecule has 8 heteroatoms. The molecule has 2 rings (SSSR count). The zero-order valence-electron chi connectivity index (χ0n) is 15.5. The highest BCUT2D eigenvalue weighted by molar-refractivity contribution is 5.80. The number of carbonyl (C=O) groups is 1. The molecule has 144 valence electrons. The number of amides is 1. The second kappa shape index (κ2) is 9.86. The van der Waals surface area contributed by atoms with Gasteiger partial charge in [0.15, 0.2) is 5.96 Å². The van der Waals surface area contributed by atoms with Crippen LogP contribution in [0, 0.1) is 0 Å². The first-order valence-electron chi connectivity index (χ1n) is 8.93. The minimum Gasteiger partial charge on any atom is -0.508 e. The number of methoxy groups -OCH3 is 1. The summed E-state index contributed by atoms with van der Waals surface area (Å²) in [5.41, 5.74) is 5.96. The van der Waals surface area contributed by atoms with Crippen LogP contribution in [0.5, 0.6) is 11.5 Å². The molecule has 0 saturated carbocycles. The molecule has 0 aromatic heterocycles. The van der Waals surface area contributed by atoms with E-state index >= 15 is 0 Å². The summed E-state index contributed by atoms with van der Waals surface area (Å²) in [6.07, 6.45) is 1.84. The molecule has 5 N–H and O–H groups in total. The van der Waals surface area contributed by atoms with Crippen molar-refractivity contribution in [3.8, 4) is 11.5 Å². The average Bonchev–Trinajstić information content (AvgIpc) is 2.62. The molecule has 1 aliphatic rings. The first kappa shape index (κ1) is 19.8. The molecule has 8 nitrogen and oxygen atoms in total. The van der Waals surface area contributed by atoms with E-state index in [4.69, 9.17) is 10.5 Å². The Morgan fingerprint density at radius 2 is 2.15 bits per heavy atom. The van der Waals surface area contributed by atoms with Gasteiger partial charge < -0.3 is 26.2 Å². The molecule has 0 aliphatic carbocycles. The minimum atomic E-state index is -0.288. The molecule has 1 aromatic carbocycles. The number of carbonyl (C=O) groups excluding carboxylic acids is 1. The number of primary amides is 1. The Balaban J connectivity index is 1.94. The van der Waals surface area contributed by atoms with Crippen molar-refractivity contribution in [3.05, 3.63) is 23.8 Å². The van der Waals surface area contributed by atoms with Crippen molar-refractivity contribution >= 4 is 11.9 Å². The Morgan fingerprint density at radius 1 is 1.42 bits per heavy atom. The topological polar surface area (TPSA) is 112 Å². The fourth-order valence-corrected chi connectivity index (χ4v) is 2.95. The number of hydrogen-bond acceptors (Lipinski definition) is 5. The second-order valence-corrected chi connectivity index (χ2v) is 6.35. The molecule has 0 unspecified atom stereocenters. The molecular formula is C18H29N5O3. The van der Waals surface area contributed by atoms with E-state index in [1.807, 2.05) is 6.92 Å². The highest BCUT2D eigenvalue weighted by atomic mass is 16.5. The quantitative estimate of drug-likeness (QED) is 0.412. The van der Waals surface area contributed by atoms with Crippen LogP contribution in [0.1, 0.15) is 25.3 Å². The van der Waals surface area contributed by atoms with Gasteiger partial charge in [-0.05, 0) is 38.0 Å². The molecule has 0 bridgehead atoms. The van der Waals surface area contributed by atoms with Crippen LogP contribution >= 0.6 is 0 Å². The van der Waals surface area contributed by atoms with Gasteiger partial charge in [0.25, 0.3) is 0 Å². The van der Waals surface area contributed by atoms with Crippen LogP contribution in [0.25, 0.3) is 0 Å². The molecule has 1 amide bonds. The maximum atomic E-state index is 11.0. The molecule has 1 aliphatic heterocycles. The van der Waals surface area contributed by atoms with E-state index in [1.54, 1.807) is 25.3 Å². The van der Waals surface area contributed by atoms with Gasteiger partial charge >= 0.3 is 0 Å². The SMILES string of the molecule is CCNC(=NCc1cc(OC)ccc1O)NC1CCN(CC(N)=O)CC1. The molecular weight excluding hydrogens is 334 g/mol. The summed E-state index contributed by atoms with van der Waals surface area (Å²) in [5, 5.41) is 16.6. The molecule has 1 aromatic rings. The number of guanidine groups is 1. The Labute approximate surface area is 154 Å². The fourth-order valence-electron chi connectivity index (χ4n) is 2.95. The standard InChI is InChI=1S/C18H29N5O3/c1-3-20-18(21-11-13-10-15(26-2)4-5-16(13)24)22-14-6-8-23(9-7-14)12-17(19)25/h4-5,10,14,24H,3,6-9,11-12H2,1-2H3,(H2,19,25)(H2,20,21,22). The third kappa shape index (κ3) is 6.11. The number of nitrogens with one attached hydrogen (secondary N) is 2. The lowest BCUT2D eigenvalue weighted by molar-refractivity contribution is -0.119. The summed E-state index contributed by atoms with van der Waals surface area (Å²) in [6, 6.07) is 5.39. The third-order valence-electron chi connectivity index (χ3n) is 4.35. The van der Waals surface area contributed by atoms with Crippen molar-refractivity contribution in [1.82, 2.24) is 15.5 Å². The van der Waals surface area contributed by atoms with Gasteiger partial charge in [-0.3, -0.25) is 9.69 Å². The van der Waals surface area contributed by atoms with Gasteiger partial charge in [0.2, 0.25) is 5.91 Å². The monoisotopic (exact) mass is 363 g/mol. The Kier molecular flexibility index (Phi) is 7.53. The minimum absolute atomic E-state index is 0.199. The number of benzene rings is 1. The highest BCUT2D eigenvalue weighted by Gasteiger charge is 2.20. The molecule has 0 atom stereocenters. The van der Waals surface area contributed by atoms with Crippen molar-refractivity contribution in [2.45, 2.75) is 32.4 Å². The second-order valence-electron chi connectivity index (χ2n) is 6.35. The van der Waals surface area contributed by atoms with Crippen molar-refractivity contribution in [2.24, 2.45) is 10.7 Å². The molecule has 1 fully saturated rings. The number of phenolic OH excluding ortho intramolecular Hbond substituents is 1. The molecule has 1 saturated heterocycles. The Hall–Kier alpha value is -2.48. The van der Waals surface area contributed by atoms with Gasteiger partial charge in [0.05, 0.1) is 20.2 Å². The summed E-state index contributed by atoms with van der Waals surface area (Å²) in [7, 11) is 1.59. The van der Waals surface area contributed by atoms with Gasteiger partial charge in [-0.2, -0.15) is 0 Å². The van der Waals surface area contributed by atoms with E-state index in [9.17, 15) is 9.90 Å².